The summed E-state index contributed by atoms with van der Waals surface area (Å²) in [6.07, 6.45) is -23.2. The summed E-state index contributed by atoms with van der Waals surface area (Å²) in [5.41, 5.74) is -13.5. The van der Waals surface area contributed by atoms with Crippen LogP contribution in [0.5, 0.6) is 0 Å². The van der Waals surface area contributed by atoms with E-state index in [4.69, 9.17) is 10.2 Å². The first-order valence-corrected chi connectivity index (χ1v) is 12.0. The van der Waals surface area contributed by atoms with E-state index >= 15 is 0 Å². The molecule has 2 N–H and O–H groups in total. The van der Waals surface area contributed by atoms with Crippen molar-refractivity contribution >= 4 is 0 Å². The topological polar surface area (TPSA) is 40.5 Å². The van der Waals surface area contributed by atoms with Crippen LogP contribution in [0.4, 0.5) is 61.5 Å². The molecular formula is C26H26F14O2. The third-order valence-electron chi connectivity index (χ3n) is 6.77. The van der Waals surface area contributed by atoms with Crippen molar-refractivity contribution in [3.63, 3.8) is 0 Å². The molecule has 0 aliphatic rings. The number of hydrogen-bond acceptors (Lipinski definition) is 2. The second-order valence-corrected chi connectivity index (χ2v) is 9.51. The summed E-state index contributed by atoms with van der Waals surface area (Å²) in [4.78, 5) is 0. The van der Waals surface area contributed by atoms with Gasteiger partial charge in [0.05, 0.1) is 0 Å². The van der Waals surface area contributed by atoms with E-state index in [2.05, 4.69) is 0 Å². The highest BCUT2D eigenvalue weighted by Gasteiger charge is 2.73. The molecule has 0 amide bonds. The van der Waals surface area contributed by atoms with Gasteiger partial charge in [0, 0.05) is 11.1 Å². The normalized spacial score (nSPS) is 15.1. The predicted octanol–water partition coefficient (Wildman–Crippen LogP) is 9.30. The number of rotatable bonds is 6. The van der Waals surface area contributed by atoms with Gasteiger partial charge >= 0.3 is 24.7 Å². The SMILES string of the molecule is CCC(C)c1ccc(C(O)(C(F)(F)F)C(F)(F)F)c(F)c1.CCC(C)c1ccc(C(O)(C(F)(F)F)C(F)(F)F)cc1F. The van der Waals surface area contributed by atoms with Crippen molar-refractivity contribution in [2.75, 3.05) is 0 Å². The summed E-state index contributed by atoms with van der Waals surface area (Å²) in [6, 6.07) is 3.24. The van der Waals surface area contributed by atoms with Crippen molar-refractivity contribution in [1.29, 1.82) is 0 Å². The Morgan fingerprint density at radius 3 is 1.33 bits per heavy atom. The average molecular weight is 636 g/mol. The van der Waals surface area contributed by atoms with E-state index in [1.165, 1.54) is 0 Å². The van der Waals surface area contributed by atoms with Crippen LogP contribution in [0, 0.1) is 11.6 Å². The molecule has 2 atom stereocenters. The highest BCUT2D eigenvalue weighted by atomic mass is 19.4. The lowest BCUT2D eigenvalue weighted by Gasteiger charge is -2.33. The van der Waals surface area contributed by atoms with Crippen LogP contribution in [-0.2, 0) is 11.2 Å². The summed E-state index contributed by atoms with van der Waals surface area (Å²) in [5, 5.41) is 18.3. The number of benzene rings is 2. The van der Waals surface area contributed by atoms with Crippen LogP contribution in [0.3, 0.4) is 0 Å². The van der Waals surface area contributed by atoms with Gasteiger partial charge in [-0.25, -0.2) is 8.78 Å². The van der Waals surface area contributed by atoms with E-state index in [0.717, 1.165) is 12.1 Å². The second-order valence-electron chi connectivity index (χ2n) is 9.51. The van der Waals surface area contributed by atoms with Gasteiger partial charge in [-0.2, -0.15) is 52.7 Å². The molecule has 0 aliphatic heterocycles. The molecule has 0 fully saturated rings. The molecule has 240 valence electrons. The average Bonchev–Trinajstić information content (AvgIpc) is 2.84. The van der Waals surface area contributed by atoms with E-state index in [9.17, 15) is 61.5 Å². The molecule has 0 radical (unpaired) electrons. The standard InChI is InChI=1S/2C13H13F7O/c1-3-7(2)9-5-4-8(6-10(9)14)11(21,12(15,16)17)13(18,19)20;1-3-7(2)8-4-5-9(10(14)6-8)11(21,12(15,16)17)13(18,19)20/h2*4-7,21H,3H2,1-2H3. The van der Waals surface area contributed by atoms with E-state index in [0.29, 0.717) is 31.0 Å². The third-order valence-corrected chi connectivity index (χ3v) is 6.77. The van der Waals surface area contributed by atoms with Crippen molar-refractivity contribution in [2.24, 2.45) is 0 Å². The summed E-state index contributed by atoms with van der Waals surface area (Å²) in [7, 11) is 0. The van der Waals surface area contributed by atoms with Crippen molar-refractivity contribution in [2.45, 2.75) is 88.3 Å². The summed E-state index contributed by atoms with van der Waals surface area (Å²) in [5.74, 6) is -3.57. The zero-order chi connectivity index (χ0) is 33.3. The van der Waals surface area contributed by atoms with Crippen LogP contribution in [0.2, 0.25) is 0 Å². The number of halogens is 14. The zero-order valence-electron chi connectivity index (χ0n) is 22.2. The van der Waals surface area contributed by atoms with Gasteiger partial charge in [-0.3, -0.25) is 0 Å². The molecule has 2 aromatic carbocycles. The Hall–Kier alpha value is -2.62. The van der Waals surface area contributed by atoms with E-state index in [1.807, 2.05) is 0 Å². The molecule has 2 aromatic rings. The van der Waals surface area contributed by atoms with E-state index in [1.54, 1.807) is 27.7 Å². The Bertz CT molecular complexity index is 1170. The van der Waals surface area contributed by atoms with Crippen LogP contribution in [0.15, 0.2) is 36.4 Å². The molecule has 2 nitrogen and oxygen atoms in total. The molecular weight excluding hydrogens is 610 g/mol. The molecule has 2 unspecified atom stereocenters. The Balaban J connectivity index is 0.000000420. The van der Waals surface area contributed by atoms with Gasteiger partial charge in [-0.1, -0.05) is 52.0 Å². The van der Waals surface area contributed by atoms with Crippen molar-refractivity contribution < 1.29 is 71.7 Å². The molecule has 0 aliphatic carbocycles. The minimum absolute atomic E-state index is 0.00653. The van der Waals surface area contributed by atoms with E-state index < -0.39 is 58.7 Å². The minimum Gasteiger partial charge on any atom is -0.369 e. The fourth-order valence-corrected chi connectivity index (χ4v) is 3.69. The maximum Gasteiger partial charge on any atom is 0.430 e. The molecule has 0 saturated carbocycles. The first-order valence-electron chi connectivity index (χ1n) is 12.0. The Kier molecular flexibility index (Phi) is 11.2. The molecule has 2 rings (SSSR count). The molecule has 0 bridgehead atoms. The van der Waals surface area contributed by atoms with Crippen molar-refractivity contribution in [1.82, 2.24) is 0 Å². The van der Waals surface area contributed by atoms with Crippen molar-refractivity contribution in [3.8, 4) is 0 Å². The second kappa shape index (κ2) is 12.5. The molecule has 0 saturated heterocycles. The van der Waals surface area contributed by atoms with E-state index in [-0.39, 0.29) is 29.0 Å². The minimum atomic E-state index is -6.09. The Morgan fingerprint density at radius 1 is 0.571 bits per heavy atom. The lowest BCUT2D eigenvalue weighted by atomic mass is 9.89. The van der Waals surface area contributed by atoms with Crippen LogP contribution in [0.1, 0.15) is 74.6 Å². The first-order chi connectivity index (χ1) is 18.7. The van der Waals surface area contributed by atoms with Crippen LogP contribution in [0.25, 0.3) is 0 Å². The van der Waals surface area contributed by atoms with Crippen LogP contribution < -0.4 is 0 Å². The third kappa shape index (κ3) is 7.12. The first kappa shape index (κ1) is 37.4. The molecule has 0 spiro atoms. The Morgan fingerprint density at radius 2 is 1.00 bits per heavy atom. The zero-order valence-corrected chi connectivity index (χ0v) is 22.2. The fourth-order valence-electron chi connectivity index (χ4n) is 3.69. The number of alkyl halides is 12. The molecule has 42 heavy (non-hydrogen) atoms. The lowest BCUT2D eigenvalue weighted by Crippen LogP contribution is -2.54. The van der Waals surface area contributed by atoms with Crippen LogP contribution in [-0.4, -0.2) is 34.9 Å². The molecule has 0 aromatic heterocycles. The summed E-state index contributed by atoms with van der Waals surface area (Å²) >= 11 is 0. The highest BCUT2D eigenvalue weighted by molar-refractivity contribution is 5.34. The molecule has 0 heterocycles. The largest absolute Gasteiger partial charge is 0.430 e. The van der Waals surface area contributed by atoms with Crippen molar-refractivity contribution in [3.05, 3.63) is 70.3 Å². The van der Waals surface area contributed by atoms with Gasteiger partial charge in [0.25, 0.3) is 11.2 Å². The maximum atomic E-state index is 13.7. The summed E-state index contributed by atoms with van der Waals surface area (Å²) < 4.78 is 179. The fraction of sp³-hybridized carbons (Fsp3) is 0.538. The van der Waals surface area contributed by atoms with Gasteiger partial charge in [0.15, 0.2) is 0 Å². The smallest absolute Gasteiger partial charge is 0.369 e. The van der Waals surface area contributed by atoms with Crippen LogP contribution >= 0.6 is 0 Å². The number of aliphatic hydroxyl groups is 2. The lowest BCUT2D eigenvalue weighted by molar-refractivity contribution is -0.377. The monoisotopic (exact) mass is 636 g/mol. The summed E-state index contributed by atoms with van der Waals surface area (Å²) in [6.45, 7) is 6.66. The highest BCUT2D eigenvalue weighted by Crippen LogP contribution is 2.52. The molecule has 16 heteroatoms. The number of hydrogen-bond donors (Lipinski definition) is 2. The Labute approximate surface area is 231 Å². The van der Waals surface area contributed by atoms with Gasteiger partial charge in [0.2, 0.25) is 0 Å². The van der Waals surface area contributed by atoms with Gasteiger partial charge in [0.1, 0.15) is 11.6 Å². The van der Waals surface area contributed by atoms with Gasteiger partial charge in [-0.15, -0.1) is 0 Å². The predicted molar refractivity (Wildman–Crippen MR) is 122 cm³/mol. The van der Waals surface area contributed by atoms with Gasteiger partial charge in [-0.05, 0) is 47.9 Å². The maximum absolute atomic E-state index is 13.7. The van der Waals surface area contributed by atoms with Gasteiger partial charge < -0.3 is 10.2 Å². The quantitative estimate of drug-likeness (QED) is 0.311.